The van der Waals surface area contributed by atoms with E-state index in [1.54, 1.807) is 18.5 Å². The monoisotopic (exact) mass is 372 g/mol. The molecule has 0 bridgehead atoms. The highest BCUT2D eigenvalue weighted by molar-refractivity contribution is 5.56. The van der Waals surface area contributed by atoms with Gasteiger partial charge in [0.25, 0.3) is 0 Å². The maximum absolute atomic E-state index is 5.13. The van der Waals surface area contributed by atoms with Gasteiger partial charge in [0.2, 0.25) is 0 Å². The Morgan fingerprint density at radius 3 is 1.78 bits per heavy atom. The molecule has 0 N–H and O–H groups in total. The number of ether oxygens (including phenoxy) is 1. The number of hydrogen-bond acceptors (Lipinski definition) is 3. The molecular formula is C24H40N2O. The molecule has 2 heterocycles. The minimum atomic E-state index is 0.885. The number of rotatable bonds is 7. The summed E-state index contributed by atoms with van der Waals surface area (Å²) in [6, 6.07) is 9.70. The molecule has 3 nitrogen and oxygen atoms in total. The van der Waals surface area contributed by atoms with Crippen LogP contribution in [0.1, 0.15) is 72.8 Å². The maximum atomic E-state index is 5.13. The summed E-state index contributed by atoms with van der Waals surface area (Å²) in [5.41, 5.74) is 2.80. The first kappa shape index (κ1) is 27.2. The Hall–Kier alpha value is -2.00. The maximum Gasteiger partial charge on any atom is 0.0886 e. The van der Waals surface area contributed by atoms with Gasteiger partial charge in [-0.2, -0.15) is 0 Å². The van der Waals surface area contributed by atoms with Gasteiger partial charge in [0, 0.05) is 25.6 Å². The predicted molar refractivity (Wildman–Crippen MR) is 121 cm³/mol. The molecule has 0 unspecified atom stereocenters. The molecular weight excluding hydrogens is 332 g/mol. The zero-order valence-electron chi connectivity index (χ0n) is 18.4. The number of aromatic nitrogens is 2. The molecule has 152 valence electrons. The van der Waals surface area contributed by atoms with E-state index in [9.17, 15) is 0 Å². The van der Waals surface area contributed by atoms with Gasteiger partial charge in [-0.25, -0.2) is 0 Å². The van der Waals surface area contributed by atoms with E-state index < -0.39 is 0 Å². The summed E-state index contributed by atoms with van der Waals surface area (Å²) in [4.78, 5) is 8.50. The van der Waals surface area contributed by atoms with E-state index in [1.165, 1.54) is 12.8 Å². The van der Waals surface area contributed by atoms with Crippen LogP contribution in [0.25, 0.3) is 17.5 Å². The van der Waals surface area contributed by atoms with Crippen molar-refractivity contribution in [3.8, 4) is 11.4 Å². The van der Waals surface area contributed by atoms with Crippen molar-refractivity contribution in [3.63, 3.8) is 0 Å². The van der Waals surface area contributed by atoms with Crippen LogP contribution in [0.15, 0.2) is 49.3 Å². The van der Waals surface area contributed by atoms with Gasteiger partial charge in [0.05, 0.1) is 11.4 Å². The number of nitrogens with zero attached hydrogens (tertiary/aromatic N) is 2. The second kappa shape index (κ2) is 22.0. The van der Waals surface area contributed by atoms with Crippen LogP contribution >= 0.6 is 0 Å². The summed E-state index contributed by atoms with van der Waals surface area (Å²) in [6.45, 7) is 18.1. The molecule has 0 fully saturated rings. The first-order chi connectivity index (χ1) is 13.2. The molecule has 2 aromatic heterocycles. The fraction of sp³-hybridized carbons (Fsp3) is 0.500. The molecule has 27 heavy (non-hydrogen) atoms. The third-order valence-electron chi connectivity index (χ3n) is 3.15. The highest BCUT2D eigenvalue weighted by Gasteiger charge is 1.97. The Bertz CT molecular complexity index is 518. The summed E-state index contributed by atoms with van der Waals surface area (Å²) in [5, 5.41) is 0. The Morgan fingerprint density at radius 1 is 0.815 bits per heavy atom. The predicted octanol–water partition coefficient (Wildman–Crippen LogP) is 7.44. The summed E-state index contributed by atoms with van der Waals surface area (Å²) in [5.74, 6) is 0. The quantitative estimate of drug-likeness (QED) is 0.474. The van der Waals surface area contributed by atoms with Gasteiger partial charge < -0.3 is 4.74 Å². The Labute approximate surface area is 167 Å². The first-order valence-electron chi connectivity index (χ1n) is 10.3. The van der Waals surface area contributed by atoms with Crippen molar-refractivity contribution >= 4 is 6.08 Å². The van der Waals surface area contributed by atoms with E-state index in [0.29, 0.717) is 0 Å². The highest BCUT2D eigenvalue weighted by Crippen LogP contribution is 2.13. The van der Waals surface area contributed by atoms with Gasteiger partial charge in [0.15, 0.2) is 0 Å². The lowest BCUT2D eigenvalue weighted by atomic mass is 10.2. The average molecular weight is 373 g/mol. The molecule has 0 radical (unpaired) electrons. The SMILES string of the molecule is C=Cc1ccc(-c2ccccn2)nc1.CC.CCCC.CCCOCCC. The van der Waals surface area contributed by atoms with Gasteiger partial charge in [-0.05, 0) is 36.6 Å². The van der Waals surface area contributed by atoms with Crippen LogP contribution in [0, 0.1) is 0 Å². The van der Waals surface area contributed by atoms with Crippen molar-refractivity contribution in [2.45, 2.75) is 67.2 Å². The molecule has 0 spiro atoms. The van der Waals surface area contributed by atoms with Crippen molar-refractivity contribution in [1.29, 1.82) is 0 Å². The van der Waals surface area contributed by atoms with E-state index in [2.05, 4.69) is 44.2 Å². The smallest absolute Gasteiger partial charge is 0.0886 e. The van der Waals surface area contributed by atoms with Gasteiger partial charge in [-0.3, -0.25) is 9.97 Å². The molecule has 2 rings (SSSR count). The largest absolute Gasteiger partial charge is 0.381 e. The zero-order valence-corrected chi connectivity index (χ0v) is 18.4. The lowest BCUT2D eigenvalue weighted by molar-refractivity contribution is 0.135. The molecule has 0 aliphatic rings. The van der Waals surface area contributed by atoms with Crippen LogP contribution in [-0.2, 0) is 4.74 Å². The molecule has 3 heteroatoms. The second-order valence-corrected chi connectivity index (χ2v) is 5.51. The second-order valence-electron chi connectivity index (χ2n) is 5.51. The van der Waals surface area contributed by atoms with E-state index in [-0.39, 0.29) is 0 Å². The lowest BCUT2D eigenvalue weighted by Gasteiger charge is -1.99. The summed E-state index contributed by atoms with van der Waals surface area (Å²) in [6.07, 6.45) is 10.2. The number of pyridine rings is 2. The zero-order chi connectivity index (χ0) is 20.8. The van der Waals surface area contributed by atoms with E-state index in [4.69, 9.17) is 4.74 Å². The van der Waals surface area contributed by atoms with Crippen LogP contribution in [0.3, 0.4) is 0 Å². The molecule has 0 aliphatic heterocycles. The normalized spacial score (nSPS) is 8.81. The summed E-state index contributed by atoms with van der Waals surface area (Å²) >= 11 is 0. The average Bonchev–Trinajstić information content (AvgIpc) is 2.77. The van der Waals surface area contributed by atoms with Gasteiger partial charge in [-0.1, -0.05) is 79.2 Å². The number of hydrogen-bond donors (Lipinski definition) is 0. The standard InChI is InChI=1S/C12H10N2.C6H14O.C4H10.C2H6/c1-2-10-6-7-12(14-9-10)11-5-3-4-8-13-11;1-3-5-7-6-4-2;1-3-4-2;1-2/h2-9H,1H2;3-6H2,1-2H3;3-4H2,1-2H3;1-2H3. The van der Waals surface area contributed by atoms with E-state index >= 15 is 0 Å². The highest BCUT2D eigenvalue weighted by atomic mass is 16.5. The van der Waals surface area contributed by atoms with Crippen molar-refractivity contribution in [1.82, 2.24) is 9.97 Å². The van der Waals surface area contributed by atoms with Crippen LogP contribution < -0.4 is 0 Å². The van der Waals surface area contributed by atoms with Crippen molar-refractivity contribution in [2.24, 2.45) is 0 Å². The Morgan fingerprint density at radius 2 is 1.41 bits per heavy atom. The van der Waals surface area contributed by atoms with Crippen molar-refractivity contribution in [3.05, 3.63) is 54.9 Å². The van der Waals surface area contributed by atoms with E-state index in [0.717, 1.165) is 43.0 Å². The van der Waals surface area contributed by atoms with Crippen LogP contribution in [-0.4, -0.2) is 23.2 Å². The Kier molecular flexibility index (Phi) is 22.2. The number of unbranched alkanes of at least 4 members (excludes halogenated alkanes) is 1. The summed E-state index contributed by atoms with van der Waals surface area (Å²) in [7, 11) is 0. The molecule has 0 saturated heterocycles. The molecule has 2 aromatic rings. The van der Waals surface area contributed by atoms with Gasteiger partial charge >= 0.3 is 0 Å². The lowest BCUT2D eigenvalue weighted by Crippen LogP contribution is -1.92. The third kappa shape index (κ3) is 15.9. The molecule has 0 atom stereocenters. The topological polar surface area (TPSA) is 35.0 Å². The fourth-order valence-electron chi connectivity index (χ4n) is 1.58. The van der Waals surface area contributed by atoms with Gasteiger partial charge in [-0.15, -0.1) is 0 Å². The first-order valence-corrected chi connectivity index (χ1v) is 10.3. The van der Waals surface area contributed by atoms with Crippen LogP contribution in [0.2, 0.25) is 0 Å². The minimum Gasteiger partial charge on any atom is -0.381 e. The minimum absolute atomic E-state index is 0.885. The summed E-state index contributed by atoms with van der Waals surface area (Å²) < 4.78 is 5.13. The van der Waals surface area contributed by atoms with Crippen LogP contribution in [0.5, 0.6) is 0 Å². The van der Waals surface area contributed by atoms with Crippen molar-refractivity contribution in [2.75, 3.05) is 13.2 Å². The Balaban J connectivity index is 0. The molecule has 0 aromatic carbocycles. The van der Waals surface area contributed by atoms with E-state index in [1.807, 2.05) is 44.2 Å². The van der Waals surface area contributed by atoms with Gasteiger partial charge in [0.1, 0.15) is 0 Å². The third-order valence-corrected chi connectivity index (χ3v) is 3.15. The van der Waals surface area contributed by atoms with Crippen LogP contribution in [0.4, 0.5) is 0 Å². The molecule has 0 aliphatic carbocycles. The van der Waals surface area contributed by atoms with Crippen molar-refractivity contribution < 1.29 is 4.74 Å². The molecule has 0 amide bonds. The fourth-order valence-corrected chi connectivity index (χ4v) is 1.58. The molecule has 0 saturated carbocycles.